The minimum atomic E-state index is -3.50. The molecule has 1 aromatic rings. The van der Waals surface area contributed by atoms with Gasteiger partial charge in [-0.25, -0.2) is 13.1 Å². The lowest BCUT2D eigenvalue weighted by atomic mass is 10.3. The van der Waals surface area contributed by atoms with E-state index in [9.17, 15) is 13.2 Å². The fourth-order valence-electron chi connectivity index (χ4n) is 1.42. The highest BCUT2D eigenvalue weighted by Gasteiger charge is 2.12. The Bertz CT molecular complexity index is 488. The Morgan fingerprint density at radius 1 is 1.16 bits per heavy atom. The molecule has 0 saturated carbocycles. The predicted octanol–water partition coefficient (Wildman–Crippen LogP) is -0.146. The molecule has 0 unspecified atom stereocenters. The third-order valence-electron chi connectivity index (χ3n) is 2.36. The molecule has 0 aliphatic rings. The number of aliphatic hydroxyl groups is 1. The molecule has 0 spiro atoms. The highest BCUT2D eigenvalue weighted by molar-refractivity contribution is 7.89. The molecule has 0 aromatic heterocycles. The van der Waals surface area contributed by atoms with Crippen molar-refractivity contribution in [1.82, 2.24) is 10.0 Å². The van der Waals surface area contributed by atoms with Crippen LogP contribution in [0.2, 0.25) is 0 Å². The van der Waals surface area contributed by atoms with Crippen LogP contribution in [0, 0.1) is 0 Å². The number of benzene rings is 1. The van der Waals surface area contributed by atoms with Crippen molar-refractivity contribution in [3.63, 3.8) is 0 Å². The molecular weight excluding hydrogens is 268 g/mol. The van der Waals surface area contributed by atoms with Crippen LogP contribution in [0.5, 0.6) is 0 Å². The molecular formula is C12H18N2O4S. The molecule has 3 N–H and O–H groups in total. The molecule has 0 heterocycles. The minimum Gasteiger partial charge on any atom is -0.395 e. The Labute approximate surface area is 112 Å². The summed E-state index contributed by atoms with van der Waals surface area (Å²) in [7, 11) is -3.50. The third kappa shape index (κ3) is 5.82. The molecule has 6 nitrogen and oxygen atoms in total. The van der Waals surface area contributed by atoms with E-state index in [1.165, 1.54) is 12.1 Å². The van der Waals surface area contributed by atoms with Gasteiger partial charge >= 0.3 is 0 Å². The Balaban J connectivity index is 2.31. The highest BCUT2D eigenvalue weighted by atomic mass is 32.2. The number of carbonyl (C=O) groups excluding carboxylic acids is 1. The van der Waals surface area contributed by atoms with Gasteiger partial charge in [-0.2, -0.15) is 0 Å². The Morgan fingerprint density at radius 3 is 2.47 bits per heavy atom. The van der Waals surface area contributed by atoms with Gasteiger partial charge in [-0.15, -0.1) is 0 Å². The number of amides is 1. The second-order valence-electron chi connectivity index (χ2n) is 3.89. The monoisotopic (exact) mass is 286 g/mol. The van der Waals surface area contributed by atoms with Gasteiger partial charge in [0.05, 0.1) is 11.5 Å². The zero-order valence-corrected chi connectivity index (χ0v) is 11.3. The number of sulfonamides is 1. The zero-order valence-electron chi connectivity index (χ0n) is 10.5. The lowest BCUT2D eigenvalue weighted by Crippen LogP contribution is -2.29. The fraction of sp³-hybridized carbons (Fsp3) is 0.417. The summed E-state index contributed by atoms with van der Waals surface area (Å²) in [6.07, 6.45) is 0.626. The van der Waals surface area contributed by atoms with Gasteiger partial charge in [-0.05, 0) is 18.6 Å². The number of nitrogens with one attached hydrogen (secondary N) is 2. The first-order chi connectivity index (χ1) is 9.06. The smallest absolute Gasteiger partial charge is 0.240 e. The zero-order chi connectivity index (χ0) is 14.1. The van der Waals surface area contributed by atoms with Crippen molar-refractivity contribution in [1.29, 1.82) is 0 Å². The van der Waals surface area contributed by atoms with E-state index in [1.54, 1.807) is 18.2 Å². The molecule has 0 radical (unpaired) electrons. The molecule has 1 amide bonds. The number of hydrogen-bond acceptors (Lipinski definition) is 4. The van der Waals surface area contributed by atoms with Gasteiger partial charge in [0.1, 0.15) is 0 Å². The summed E-state index contributed by atoms with van der Waals surface area (Å²) >= 11 is 0. The highest BCUT2D eigenvalue weighted by Crippen LogP contribution is 2.06. The average Bonchev–Trinajstić information content (AvgIpc) is 2.42. The lowest BCUT2D eigenvalue weighted by Gasteiger charge is -2.06. The van der Waals surface area contributed by atoms with Gasteiger partial charge in [-0.3, -0.25) is 4.79 Å². The molecule has 1 aromatic carbocycles. The van der Waals surface area contributed by atoms with Crippen molar-refractivity contribution >= 4 is 15.9 Å². The fourth-order valence-corrected chi connectivity index (χ4v) is 2.52. The van der Waals surface area contributed by atoms with Crippen LogP contribution in [-0.2, 0) is 14.8 Å². The largest absolute Gasteiger partial charge is 0.395 e. The maximum absolute atomic E-state index is 11.8. The summed E-state index contributed by atoms with van der Waals surface area (Å²) in [6.45, 7) is 0.310. The van der Waals surface area contributed by atoms with Crippen LogP contribution in [-0.4, -0.2) is 39.1 Å². The molecule has 0 atom stereocenters. The van der Waals surface area contributed by atoms with E-state index < -0.39 is 10.0 Å². The van der Waals surface area contributed by atoms with Crippen LogP contribution in [0.4, 0.5) is 0 Å². The van der Waals surface area contributed by atoms with Crippen LogP contribution in [0.25, 0.3) is 0 Å². The van der Waals surface area contributed by atoms with Crippen molar-refractivity contribution in [3.8, 4) is 0 Å². The minimum absolute atomic E-state index is 0.105. The Hall–Kier alpha value is -1.44. The van der Waals surface area contributed by atoms with Crippen LogP contribution in [0.15, 0.2) is 35.2 Å². The second-order valence-corrected chi connectivity index (χ2v) is 5.65. The first kappa shape index (κ1) is 15.6. The summed E-state index contributed by atoms with van der Waals surface area (Å²) in [6, 6.07) is 8.06. The number of carbonyl (C=O) groups is 1. The van der Waals surface area contributed by atoms with E-state index in [4.69, 9.17) is 5.11 Å². The summed E-state index contributed by atoms with van der Waals surface area (Å²) in [5.74, 6) is -0.201. The van der Waals surface area contributed by atoms with E-state index in [2.05, 4.69) is 10.0 Å². The third-order valence-corrected chi connectivity index (χ3v) is 3.84. The van der Waals surface area contributed by atoms with Crippen LogP contribution in [0.1, 0.15) is 12.8 Å². The van der Waals surface area contributed by atoms with Crippen molar-refractivity contribution < 1.29 is 18.3 Å². The molecule has 0 fully saturated rings. The molecule has 0 aliphatic carbocycles. The first-order valence-electron chi connectivity index (χ1n) is 5.98. The van der Waals surface area contributed by atoms with Crippen molar-refractivity contribution in [3.05, 3.63) is 30.3 Å². The van der Waals surface area contributed by atoms with Gasteiger partial charge < -0.3 is 10.4 Å². The number of rotatable bonds is 8. The van der Waals surface area contributed by atoms with Gasteiger partial charge in [0.2, 0.25) is 15.9 Å². The number of hydrogen-bond donors (Lipinski definition) is 3. The van der Waals surface area contributed by atoms with E-state index in [0.29, 0.717) is 6.42 Å². The first-order valence-corrected chi connectivity index (χ1v) is 7.47. The van der Waals surface area contributed by atoms with E-state index in [1.807, 2.05) is 0 Å². The quantitative estimate of drug-likeness (QED) is 0.579. The predicted molar refractivity (Wildman–Crippen MR) is 71.0 cm³/mol. The molecule has 0 bridgehead atoms. The summed E-state index contributed by atoms with van der Waals surface area (Å²) < 4.78 is 26.0. The second kappa shape index (κ2) is 7.88. The average molecular weight is 286 g/mol. The lowest BCUT2D eigenvalue weighted by molar-refractivity contribution is -0.121. The van der Waals surface area contributed by atoms with Crippen LogP contribution >= 0.6 is 0 Å². The molecule has 1 rings (SSSR count). The van der Waals surface area contributed by atoms with E-state index in [0.717, 1.165) is 0 Å². The molecule has 7 heteroatoms. The summed E-state index contributed by atoms with van der Waals surface area (Å²) in [4.78, 5) is 11.4. The summed E-state index contributed by atoms with van der Waals surface area (Å²) in [5.41, 5.74) is 0. The maximum atomic E-state index is 11.8. The molecule has 0 aliphatic heterocycles. The Morgan fingerprint density at radius 2 is 1.84 bits per heavy atom. The van der Waals surface area contributed by atoms with E-state index >= 15 is 0 Å². The standard InChI is InChI=1S/C12H18N2O4S/c15-10-9-13-12(16)7-4-8-14-19(17,18)11-5-2-1-3-6-11/h1-3,5-6,14-15H,4,7-10H2,(H,13,16). The van der Waals surface area contributed by atoms with Gasteiger partial charge in [0.25, 0.3) is 0 Å². The normalized spacial score (nSPS) is 11.2. The number of aliphatic hydroxyl groups excluding tert-OH is 1. The van der Waals surface area contributed by atoms with Crippen molar-refractivity contribution in [2.24, 2.45) is 0 Å². The molecule has 19 heavy (non-hydrogen) atoms. The van der Waals surface area contributed by atoms with Gasteiger partial charge in [-0.1, -0.05) is 18.2 Å². The van der Waals surface area contributed by atoms with Gasteiger partial charge in [0, 0.05) is 19.5 Å². The molecule has 106 valence electrons. The van der Waals surface area contributed by atoms with Crippen LogP contribution in [0.3, 0.4) is 0 Å². The van der Waals surface area contributed by atoms with Crippen LogP contribution < -0.4 is 10.0 Å². The van der Waals surface area contributed by atoms with E-state index in [-0.39, 0.29) is 36.9 Å². The molecule has 0 saturated heterocycles. The topological polar surface area (TPSA) is 95.5 Å². The van der Waals surface area contributed by atoms with Crippen molar-refractivity contribution in [2.75, 3.05) is 19.7 Å². The van der Waals surface area contributed by atoms with Crippen molar-refractivity contribution in [2.45, 2.75) is 17.7 Å². The maximum Gasteiger partial charge on any atom is 0.240 e. The summed E-state index contributed by atoms with van der Waals surface area (Å²) in [5, 5.41) is 11.0. The van der Waals surface area contributed by atoms with Gasteiger partial charge in [0.15, 0.2) is 0 Å². The Kier molecular flexibility index (Phi) is 6.48. The SMILES string of the molecule is O=C(CCCNS(=O)(=O)c1ccccc1)NCCO.